The number of carbonyl (C=O) groups excluding carboxylic acids is 1. The van der Waals surface area contributed by atoms with E-state index in [1.54, 1.807) is 11.2 Å². The first kappa shape index (κ1) is 23.2. The minimum Gasteiger partial charge on any atom is -0.444 e. The Labute approximate surface area is 185 Å². The summed E-state index contributed by atoms with van der Waals surface area (Å²) in [6, 6.07) is 0.130. The average Bonchev–Trinajstić information content (AvgIpc) is 3.00. The van der Waals surface area contributed by atoms with E-state index >= 15 is 0 Å². The molecular weight excluding hydrogens is 396 g/mol. The number of nitrogens with zero attached hydrogens (tertiary/aromatic N) is 5. The van der Waals surface area contributed by atoms with Crippen molar-refractivity contribution in [2.45, 2.75) is 77.2 Å². The summed E-state index contributed by atoms with van der Waals surface area (Å²) < 4.78 is 11.4. The Kier molecular flexibility index (Phi) is 7.69. The molecule has 1 aromatic heterocycles. The summed E-state index contributed by atoms with van der Waals surface area (Å²) in [4.78, 5) is 29.4. The van der Waals surface area contributed by atoms with Gasteiger partial charge in [0.05, 0.1) is 0 Å². The van der Waals surface area contributed by atoms with Gasteiger partial charge in [0.25, 0.3) is 0 Å². The van der Waals surface area contributed by atoms with Crippen LogP contribution in [-0.4, -0.2) is 72.3 Å². The Morgan fingerprint density at radius 2 is 2.00 bits per heavy atom. The Morgan fingerprint density at radius 1 is 1.26 bits per heavy atom. The smallest absolute Gasteiger partial charge is 0.410 e. The highest BCUT2D eigenvalue weighted by Crippen LogP contribution is 2.35. The number of nitrogens with one attached hydrogen (secondary N) is 1. The number of aliphatic imine (C=N–C) groups is 1. The van der Waals surface area contributed by atoms with Crippen LogP contribution in [0, 0.1) is 0 Å². The third kappa shape index (κ3) is 6.29. The van der Waals surface area contributed by atoms with Crippen molar-refractivity contribution in [2.75, 3.05) is 37.0 Å². The first-order chi connectivity index (χ1) is 14.8. The Balaban J connectivity index is 1.64. The summed E-state index contributed by atoms with van der Waals surface area (Å²) >= 11 is 0. The van der Waals surface area contributed by atoms with Crippen molar-refractivity contribution >= 4 is 30.1 Å². The molecule has 2 aliphatic rings. The number of carbonyl (C=O) groups is 1. The monoisotopic (exact) mass is 432 g/mol. The van der Waals surface area contributed by atoms with Crippen LogP contribution in [0.3, 0.4) is 0 Å². The number of piperidine rings is 1. The van der Waals surface area contributed by atoms with Crippen LogP contribution in [-0.2, 0) is 9.47 Å². The summed E-state index contributed by atoms with van der Waals surface area (Å²) in [5.41, 5.74) is 0.149. The van der Waals surface area contributed by atoms with Gasteiger partial charge >= 0.3 is 6.09 Å². The third-order valence-corrected chi connectivity index (χ3v) is 5.68. The molecule has 3 heterocycles. The molecule has 172 valence electrons. The zero-order chi connectivity index (χ0) is 22.4. The highest BCUT2D eigenvalue weighted by molar-refractivity contribution is 5.76. The lowest BCUT2D eigenvalue weighted by molar-refractivity contribution is 0.0201. The average molecular weight is 433 g/mol. The number of ether oxygens (including phenoxy) is 2. The van der Waals surface area contributed by atoms with Gasteiger partial charge in [0.1, 0.15) is 23.8 Å². The molecule has 0 radical (unpaired) electrons. The van der Waals surface area contributed by atoms with Crippen LogP contribution < -0.4 is 10.2 Å². The first-order valence-electron chi connectivity index (χ1n) is 11.2. The number of anilines is 2. The van der Waals surface area contributed by atoms with Gasteiger partial charge in [-0.2, -0.15) is 0 Å². The fourth-order valence-electron chi connectivity index (χ4n) is 3.98. The summed E-state index contributed by atoms with van der Waals surface area (Å²) in [5.74, 6) is 1.42. The lowest BCUT2D eigenvalue weighted by atomic mass is 10.0. The van der Waals surface area contributed by atoms with Crippen LogP contribution in [0.2, 0.25) is 0 Å². The molecule has 1 N–H and O–H groups in total. The van der Waals surface area contributed by atoms with E-state index in [0.717, 1.165) is 57.6 Å². The van der Waals surface area contributed by atoms with Gasteiger partial charge in [-0.1, -0.05) is 6.42 Å². The third-order valence-electron chi connectivity index (χ3n) is 5.68. The molecule has 2 aliphatic heterocycles. The van der Waals surface area contributed by atoms with Gasteiger partial charge in [-0.15, -0.1) is 0 Å². The van der Waals surface area contributed by atoms with Crippen molar-refractivity contribution in [1.29, 1.82) is 0 Å². The SMILES string of the molecule is C=Nc1c(NC2CCCCCO2)ncnc1N1CCC(N(C)C(=O)OC(C)(C)C)CC1. The number of hydrogen-bond donors (Lipinski definition) is 1. The topological polar surface area (TPSA) is 92.2 Å². The number of aromatic nitrogens is 2. The Morgan fingerprint density at radius 3 is 2.68 bits per heavy atom. The maximum absolute atomic E-state index is 12.4. The molecule has 1 aromatic rings. The van der Waals surface area contributed by atoms with Crippen molar-refractivity contribution in [3.63, 3.8) is 0 Å². The molecule has 1 unspecified atom stereocenters. The van der Waals surface area contributed by atoms with Crippen LogP contribution in [0.1, 0.15) is 59.3 Å². The summed E-state index contributed by atoms with van der Waals surface area (Å²) in [6.07, 6.45) is 7.20. The Bertz CT molecular complexity index is 750. The van der Waals surface area contributed by atoms with Gasteiger partial charge < -0.3 is 24.6 Å². The molecule has 1 atom stereocenters. The molecule has 3 rings (SSSR count). The van der Waals surface area contributed by atoms with Crippen molar-refractivity contribution in [1.82, 2.24) is 14.9 Å². The fraction of sp³-hybridized carbons (Fsp3) is 0.727. The predicted molar refractivity (Wildman–Crippen MR) is 122 cm³/mol. The lowest BCUT2D eigenvalue weighted by Gasteiger charge is -2.38. The molecule has 0 aliphatic carbocycles. The summed E-state index contributed by atoms with van der Waals surface area (Å²) in [5, 5.41) is 3.38. The highest BCUT2D eigenvalue weighted by atomic mass is 16.6. The maximum atomic E-state index is 12.4. The number of amides is 1. The zero-order valence-corrected chi connectivity index (χ0v) is 19.3. The van der Waals surface area contributed by atoms with Crippen molar-refractivity contribution < 1.29 is 14.3 Å². The molecule has 31 heavy (non-hydrogen) atoms. The standard InChI is InChI=1S/C22H36N6O3/c1-22(2,3)31-21(29)27(5)16-10-12-28(13-11-16)20-18(23-4)19(24-15-25-20)26-17-9-7-6-8-14-30-17/h15-17H,4,6-14H2,1-3,5H3,(H,24,25,26). The fourth-order valence-corrected chi connectivity index (χ4v) is 3.98. The first-order valence-corrected chi connectivity index (χ1v) is 11.2. The molecule has 0 bridgehead atoms. The van der Waals surface area contributed by atoms with E-state index < -0.39 is 5.60 Å². The number of rotatable bonds is 5. The van der Waals surface area contributed by atoms with Crippen LogP contribution in [0.15, 0.2) is 11.3 Å². The lowest BCUT2D eigenvalue weighted by Crippen LogP contribution is -2.47. The van der Waals surface area contributed by atoms with Gasteiger partial charge in [0, 0.05) is 32.8 Å². The molecule has 2 saturated heterocycles. The quantitative estimate of drug-likeness (QED) is 0.704. The maximum Gasteiger partial charge on any atom is 0.410 e. The second kappa shape index (κ2) is 10.3. The van der Waals surface area contributed by atoms with Gasteiger partial charge in [0.2, 0.25) is 0 Å². The molecule has 0 aromatic carbocycles. The normalized spacial score (nSPS) is 20.6. The van der Waals surface area contributed by atoms with E-state index in [0.29, 0.717) is 11.5 Å². The molecular formula is C22H36N6O3. The second-order valence-electron chi connectivity index (χ2n) is 9.22. The summed E-state index contributed by atoms with van der Waals surface area (Å²) in [6.45, 7) is 11.7. The van der Waals surface area contributed by atoms with Crippen molar-refractivity contribution in [3.8, 4) is 0 Å². The van der Waals surface area contributed by atoms with Gasteiger partial charge in [0.15, 0.2) is 11.6 Å². The van der Waals surface area contributed by atoms with Crippen LogP contribution in [0.25, 0.3) is 0 Å². The largest absolute Gasteiger partial charge is 0.444 e. The van der Waals surface area contributed by atoms with E-state index in [1.165, 1.54) is 6.42 Å². The van der Waals surface area contributed by atoms with Crippen LogP contribution >= 0.6 is 0 Å². The van der Waals surface area contributed by atoms with E-state index in [4.69, 9.17) is 9.47 Å². The summed E-state index contributed by atoms with van der Waals surface area (Å²) in [7, 11) is 1.81. The molecule has 2 fully saturated rings. The van der Waals surface area contributed by atoms with Gasteiger partial charge in [-0.3, -0.25) is 4.99 Å². The van der Waals surface area contributed by atoms with Crippen molar-refractivity contribution in [3.05, 3.63) is 6.33 Å². The molecule has 0 saturated carbocycles. The molecule has 9 nitrogen and oxygen atoms in total. The van der Waals surface area contributed by atoms with Gasteiger partial charge in [-0.05, 0) is 59.6 Å². The molecule has 9 heteroatoms. The molecule has 0 spiro atoms. The second-order valence-corrected chi connectivity index (χ2v) is 9.22. The van der Waals surface area contributed by atoms with Crippen LogP contribution in [0.4, 0.5) is 22.1 Å². The van der Waals surface area contributed by atoms with E-state index in [1.807, 2.05) is 27.8 Å². The Hall–Kier alpha value is -2.42. The minimum absolute atomic E-state index is 0.0704. The predicted octanol–water partition coefficient (Wildman–Crippen LogP) is 3.97. The van der Waals surface area contributed by atoms with E-state index in [2.05, 4.69) is 31.9 Å². The number of hydrogen-bond acceptors (Lipinski definition) is 8. The van der Waals surface area contributed by atoms with Crippen molar-refractivity contribution in [2.24, 2.45) is 4.99 Å². The van der Waals surface area contributed by atoms with Gasteiger partial charge in [-0.25, -0.2) is 14.8 Å². The van der Waals surface area contributed by atoms with E-state index in [9.17, 15) is 4.79 Å². The minimum atomic E-state index is -0.498. The van der Waals surface area contributed by atoms with Crippen LogP contribution in [0.5, 0.6) is 0 Å². The molecule has 1 amide bonds. The zero-order valence-electron chi connectivity index (χ0n) is 19.3. The highest BCUT2D eigenvalue weighted by Gasteiger charge is 2.30. The van der Waals surface area contributed by atoms with E-state index in [-0.39, 0.29) is 18.4 Å².